The monoisotopic (exact) mass is 484 g/mol. The molecule has 3 N–H and O–H groups in total. The third-order valence-electron chi connectivity index (χ3n) is 3.71. The van der Waals surface area contributed by atoms with Gasteiger partial charge in [-0.3, -0.25) is 0 Å². The van der Waals surface area contributed by atoms with Crippen molar-refractivity contribution in [3.8, 4) is 0 Å². The molecule has 0 fully saturated rings. The molecule has 1 unspecified atom stereocenters. The summed E-state index contributed by atoms with van der Waals surface area (Å²) in [5, 5.41) is 3.48. The van der Waals surface area contributed by atoms with Crippen molar-refractivity contribution in [2.24, 2.45) is 5.73 Å². The van der Waals surface area contributed by atoms with Crippen LogP contribution in [0.5, 0.6) is 0 Å². The third-order valence-corrected chi connectivity index (χ3v) is 21.1. The lowest BCUT2D eigenvalue weighted by atomic mass is 10.2. The minimum atomic E-state index is -2.49. The van der Waals surface area contributed by atoms with Crippen LogP contribution >= 0.6 is 0 Å². The SMILES string of the molecule is CCC(N)CNCC[Si](C)(O[Si](C)(C)O[Si](C)(C)C)O[Si](C)(C)O[Si](C)(C)C. The van der Waals surface area contributed by atoms with Gasteiger partial charge in [-0.1, -0.05) is 6.92 Å². The van der Waals surface area contributed by atoms with Gasteiger partial charge < -0.3 is 27.5 Å². The van der Waals surface area contributed by atoms with Gasteiger partial charge in [-0.05, 0) is 85.0 Å². The summed E-state index contributed by atoms with van der Waals surface area (Å²) in [5.41, 5.74) is 6.03. The van der Waals surface area contributed by atoms with Crippen molar-refractivity contribution in [1.82, 2.24) is 5.32 Å². The average Bonchev–Trinajstić information content (AvgIpc) is 2.35. The molecule has 11 heteroatoms. The zero-order chi connectivity index (χ0) is 22.4. The van der Waals surface area contributed by atoms with Crippen molar-refractivity contribution in [1.29, 1.82) is 0 Å². The van der Waals surface area contributed by atoms with E-state index >= 15 is 0 Å². The van der Waals surface area contributed by atoms with Gasteiger partial charge in [0, 0.05) is 18.6 Å². The first-order chi connectivity index (χ1) is 12.3. The minimum absolute atomic E-state index is 0.192. The number of hydrogen-bond donors (Lipinski definition) is 2. The van der Waals surface area contributed by atoms with Gasteiger partial charge in [0.2, 0.25) is 0 Å². The van der Waals surface area contributed by atoms with Crippen LogP contribution in [0.1, 0.15) is 13.3 Å². The zero-order valence-corrected chi connectivity index (χ0v) is 25.6. The highest BCUT2D eigenvalue weighted by molar-refractivity contribution is 6.90. The molecule has 0 bridgehead atoms. The van der Waals surface area contributed by atoms with E-state index < -0.39 is 42.3 Å². The van der Waals surface area contributed by atoms with E-state index in [4.69, 9.17) is 22.2 Å². The smallest absolute Gasteiger partial charge is 0.318 e. The third kappa shape index (κ3) is 14.8. The molecular formula is C17H48N2O4Si5. The fourth-order valence-electron chi connectivity index (χ4n) is 3.43. The van der Waals surface area contributed by atoms with Gasteiger partial charge in [-0.15, -0.1) is 0 Å². The van der Waals surface area contributed by atoms with Crippen molar-refractivity contribution in [2.45, 2.75) is 97.4 Å². The minimum Gasteiger partial charge on any atom is -0.437 e. The van der Waals surface area contributed by atoms with Gasteiger partial charge in [-0.2, -0.15) is 0 Å². The lowest BCUT2D eigenvalue weighted by Crippen LogP contribution is -2.60. The van der Waals surface area contributed by atoms with Crippen LogP contribution in [0.25, 0.3) is 0 Å². The molecule has 0 aromatic heterocycles. The predicted octanol–water partition coefficient (Wildman–Crippen LogP) is 4.53. The Morgan fingerprint density at radius 3 is 1.43 bits per heavy atom. The molecule has 0 aromatic rings. The molecule has 0 saturated heterocycles. The van der Waals surface area contributed by atoms with Crippen molar-refractivity contribution in [3.05, 3.63) is 0 Å². The second kappa shape index (κ2) is 10.9. The lowest BCUT2D eigenvalue weighted by Gasteiger charge is -2.43. The molecular weight excluding hydrogens is 437 g/mol. The summed E-state index contributed by atoms with van der Waals surface area (Å²) >= 11 is 0. The van der Waals surface area contributed by atoms with Gasteiger partial charge in [0.1, 0.15) is 0 Å². The van der Waals surface area contributed by atoms with Crippen molar-refractivity contribution in [2.75, 3.05) is 13.1 Å². The average molecular weight is 485 g/mol. The molecule has 28 heavy (non-hydrogen) atoms. The van der Waals surface area contributed by atoms with E-state index in [1.54, 1.807) is 0 Å². The Labute approximate surface area is 180 Å². The Hall–Kier alpha value is 0.844. The molecule has 0 radical (unpaired) electrons. The standard InChI is InChI=1S/C17H48N2O4Si5/c1-13-17(18)16-19-14-15-28(12,22-26(8,9)20-24(2,3)4)23-27(10,11)21-25(5,6)7/h17,19H,13-16,18H2,1-12H3. The largest absolute Gasteiger partial charge is 0.437 e. The van der Waals surface area contributed by atoms with Crippen LogP contribution < -0.4 is 11.1 Å². The van der Waals surface area contributed by atoms with Crippen molar-refractivity contribution in [3.63, 3.8) is 0 Å². The Bertz CT molecular complexity index is 437. The Kier molecular flexibility index (Phi) is 11.3. The second-order valence-corrected chi connectivity index (χ2v) is 30.8. The number of nitrogens with one attached hydrogen (secondary N) is 1. The van der Waals surface area contributed by atoms with Gasteiger partial charge in [-0.25, -0.2) is 0 Å². The van der Waals surface area contributed by atoms with Gasteiger partial charge in [0.25, 0.3) is 0 Å². The maximum Gasteiger partial charge on any atom is 0.318 e. The summed E-state index contributed by atoms with van der Waals surface area (Å²) in [6, 6.07) is 1.05. The summed E-state index contributed by atoms with van der Waals surface area (Å²) in [4.78, 5) is 0. The van der Waals surface area contributed by atoms with Gasteiger partial charge in [0.05, 0.1) is 0 Å². The Morgan fingerprint density at radius 1 is 0.714 bits per heavy atom. The number of nitrogens with two attached hydrogens (primary N) is 1. The molecule has 0 aromatic carbocycles. The van der Waals surface area contributed by atoms with Gasteiger partial charge >= 0.3 is 25.7 Å². The van der Waals surface area contributed by atoms with E-state index in [-0.39, 0.29) is 6.04 Å². The quantitative estimate of drug-likeness (QED) is 0.279. The van der Waals surface area contributed by atoms with E-state index in [2.05, 4.69) is 84.3 Å². The van der Waals surface area contributed by atoms with Crippen LogP contribution in [-0.4, -0.2) is 61.4 Å². The molecule has 170 valence electrons. The highest BCUT2D eigenvalue weighted by Crippen LogP contribution is 2.28. The second-order valence-electron chi connectivity index (χ2n) is 10.7. The van der Waals surface area contributed by atoms with Crippen LogP contribution in [0, 0.1) is 0 Å². The van der Waals surface area contributed by atoms with E-state index in [1.807, 2.05) is 0 Å². The molecule has 0 saturated carbocycles. The number of hydrogen-bond acceptors (Lipinski definition) is 6. The van der Waals surface area contributed by atoms with Crippen molar-refractivity contribution < 1.29 is 16.5 Å². The maximum absolute atomic E-state index is 6.75. The van der Waals surface area contributed by atoms with Crippen LogP contribution in [-0.2, 0) is 16.5 Å². The molecule has 0 amide bonds. The van der Waals surface area contributed by atoms with E-state index in [9.17, 15) is 0 Å². The number of rotatable bonds is 14. The summed E-state index contributed by atoms with van der Waals surface area (Å²) in [7, 11) is -10.5. The molecule has 0 aliphatic rings. The predicted molar refractivity (Wildman–Crippen MR) is 134 cm³/mol. The maximum atomic E-state index is 6.75. The Balaban J connectivity index is 5.28. The first kappa shape index (κ1) is 28.8. The van der Waals surface area contributed by atoms with Crippen LogP contribution in [0.15, 0.2) is 0 Å². The molecule has 0 rings (SSSR count). The Morgan fingerprint density at radius 2 is 1.11 bits per heavy atom. The molecule has 0 aliphatic carbocycles. The first-order valence-corrected chi connectivity index (χ1v) is 25.5. The van der Waals surface area contributed by atoms with Crippen molar-refractivity contribution >= 4 is 42.3 Å². The zero-order valence-electron chi connectivity index (χ0n) is 20.6. The van der Waals surface area contributed by atoms with E-state index in [1.165, 1.54) is 0 Å². The molecule has 0 heterocycles. The molecule has 6 nitrogen and oxygen atoms in total. The topological polar surface area (TPSA) is 75.0 Å². The normalized spacial score (nSPS) is 15.8. The summed E-state index contributed by atoms with van der Waals surface area (Å²) in [6.07, 6.45) is 0.975. The van der Waals surface area contributed by atoms with Crippen LogP contribution in [0.4, 0.5) is 0 Å². The van der Waals surface area contributed by atoms with E-state index in [0.29, 0.717) is 0 Å². The fraction of sp³-hybridized carbons (Fsp3) is 1.00. The highest BCUT2D eigenvalue weighted by atomic mass is 28.5. The molecule has 0 spiro atoms. The highest BCUT2D eigenvalue weighted by Gasteiger charge is 2.46. The summed E-state index contributed by atoms with van der Waals surface area (Å²) in [5.74, 6) is 0. The van der Waals surface area contributed by atoms with Crippen LogP contribution in [0.3, 0.4) is 0 Å². The van der Waals surface area contributed by atoms with E-state index in [0.717, 1.165) is 25.6 Å². The summed E-state index contributed by atoms with van der Waals surface area (Å²) in [6.45, 7) is 27.8. The fourth-order valence-corrected chi connectivity index (χ4v) is 26.6. The first-order valence-electron chi connectivity index (χ1n) is 10.6. The lowest BCUT2D eigenvalue weighted by molar-refractivity contribution is 0.292. The van der Waals surface area contributed by atoms with Crippen LogP contribution in [0.2, 0.25) is 78.1 Å². The van der Waals surface area contributed by atoms with Gasteiger partial charge in [0.15, 0.2) is 16.6 Å². The molecule has 1 atom stereocenters. The summed E-state index contributed by atoms with van der Waals surface area (Å²) < 4.78 is 26.4. The molecule has 0 aliphatic heterocycles.